The van der Waals surface area contributed by atoms with Gasteiger partial charge in [0.2, 0.25) is 0 Å². The minimum atomic E-state index is -0.518. The van der Waals surface area contributed by atoms with E-state index < -0.39 is 4.92 Å². The number of hydrogen-bond acceptors (Lipinski definition) is 4. The lowest BCUT2D eigenvalue weighted by Crippen LogP contribution is -2.33. The number of rotatable bonds is 6. The van der Waals surface area contributed by atoms with Crippen molar-refractivity contribution in [2.24, 2.45) is 0 Å². The van der Waals surface area contributed by atoms with E-state index in [1.165, 1.54) is 6.07 Å². The van der Waals surface area contributed by atoms with E-state index in [1.54, 1.807) is 12.1 Å². The average Bonchev–Trinajstić information content (AvgIpc) is 2.43. The first-order chi connectivity index (χ1) is 9.04. The Bertz CT molecular complexity index is 494. The van der Waals surface area contributed by atoms with Crippen LogP contribution in [-0.4, -0.2) is 17.5 Å². The van der Waals surface area contributed by atoms with Gasteiger partial charge in [0.15, 0.2) is 0 Å². The van der Waals surface area contributed by atoms with Crippen LogP contribution in [0.4, 0.5) is 11.4 Å². The monoisotopic (exact) mass is 261 g/mol. The second-order valence-corrected chi connectivity index (χ2v) is 4.52. The zero-order valence-corrected chi connectivity index (χ0v) is 11.6. The third-order valence-corrected chi connectivity index (χ3v) is 3.22. The smallest absolute Gasteiger partial charge is 0.287 e. The highest BCUT2D eigenvalue weighted by Crippen LogP contribution is 2.26. The summed E-state index contributed by atoms with van der Waals surface area (Å²) in [6, 6.07) is 6.99. The van der Waals surface area contributed by atoms with E-state index >= 15 is 0 Å². The van der Waals surface area contributed by atoms with Gasteiger partial charge in [-0.25, -0.2) is 0 Å². The first-order valence-electron chi connectivity index (χ1n) is 6.50. The van der Waals surface area contributed by atoms with Gasteiger partial charge in [0.05, 0.1) is 4.92 Å². The van der Waals surface area contributed by atoms with E-state index in [0.717, 1.165) is 25.1 Å². The number of nitrogens with zero attached hydrogens (tertiary/aromatic N) is 3. The molecule has 0 amide bonds. The summed E-state index contributed by atoms with van der Waals surface area (Å²) in [5.74, 6) is 0. The quantitative estimate of drug-likeness (QED) is 0.580. The molecule has 0 aliphatic rings. The van der Waals surface area contributed by atoms with Crippen LogP contribution in [-0.2, 0) is 0 Å². The van der Waals surface area contributed by atoms with Crippen molar-refractivity contribution >= 4 is 11.4 Å². The fourth-order valence-electron chi connectivity index (χ4n) is 2.02. The zero-order chi connectivity index (χ0) is 14.4. The number of nitro groups is 1. The van der Waals surface area contributed by atoms with Crippen LogP contribution in [0.5, 0.6) is 0 Å². The lowest BCUT2D eigenvalue weighted by molar-refractivity contribution is -0.385. The van der Waals surface area contributed by atoms with Crippen molar-refractivity contribution in [1.82, 2.24) is 0 Å². The summed E-state index contributed by atoms with van der Waals surface area (Å²) in [6.07, 6.45) is 1.97. The normalized spacial score (nSPS) is 11.7. The van der Waals surface area contributed by atoms with Crippen LogP contribution in [0.25, 0.3) is 0 Å². The number of anilines is 1. The summed E-state index contributed by atoms with van der Waals surface area (Å²) in [7, 11) is 0. The first-order valence-corrected chi connectivity index (χ1v) is 6.50. The minimum Gasteiger partial charge on any atom is -0.369 e. The summed E-state index contributed by atoms with van der Waals surface area (Å²) in [4.78, 5) is 12.5. The second-order valence-electron chi connectivity index (χ2n) is 4.52. The molecule has 1 rings (SSSR count). The number of hydrogen-bond donors (Lipinski definition) is 0. The van der Waals surface area contributed by atoms with Gasteiger partial charge in [-0.2, -0.15) is 5.26 Å². The number of nitriles is 1. The Labute approximate surface area is 113 Å². The molecule has 0 bridgehead atoms. The molecule has 0 aliphatic heterocycles. The van der Waals surface area contributed by atoms with Gasteiger partial charge in [0, 0.05) is 24.3 Å². The van der Waals surface area contributed by atoms with Crippen LogP contribution in [0.3, 0.4) is 0 Å². The SMILES string of the molecule is CCCN(c1ccc([N+](=O)[O-])c(C#N)c1)[C@@H](C)CC. The molecule has 0 fully saturated rings. The summed E-state index contributed by atoms with van der Waals surface area (Å²) < 4.78 is 0. The van der Waals surface area contributed by atoms with Crippen LogP contribution in [0.2, 0.25) is 0 Å². The van der Waals surface area contributed by atoms with Crippen molar-refractivity contribution in [3.05, 3.63) is 33.9 Å². The number of benzene rings is 1. The Kier molecular flexibility index (Phi) is 5.31. The lowest BCUT2D eigenvalue weighted by Gasteiger charge is -2.30. The van der Waals surface area contributed by atoms with Crippen molar-refractivity contribution in [2.75, 3.05) is 11.4 Å². The van der Waals surface area contributed by atoms with Gasteiger partial charge in [0.25, 0.3) is 5.69 Å². The third kappa shape index (κ3) is 3.44. The maximum Gasteiger partial charge on any atom is 0.287 e. The summed E-state index contributed by atoms with van der Waals surface area (Å²) in [6.45, 7) is 7.18. The highest BCUT2D eigenvalue weighted by molar-refractivity contribution is 5.60. The van der Waals surface area contributed by atoms with Crippen LogP contribution in [0.1, 0.15) is 39.2 Å². The molecule has 0 aromatic heterocycles. The Morgan fingerprint density at radius 3 is 2.63 bits per heavy atom. The van der Waals surface area contributed by atoms with Crippen LogP contribution < -0.4 is 4.90 Å². The molecule has 1 atom stereocenters. The topological polar surface area (TPSA) is 70.2 Å². The Morgan fingerprint density at radius 1 is 1.47 bits per heavy atom. The molecule has 0 heterocycles. The maximum atomic E-state index is 10.8. The molecule has 0 saturated carbocycles. The molecule has 19 heavy (non-hydrogen) atoms. The zero-order valence-electron chi connectivity index (χ0n) is 11.6. The fourth-order valence-corrected chi connectivity index (χ4v) is 2.02. The molecule has 0 aliphatic carbocycles. The van der Waals surface area contributed by atoms with Crippen molar-refractivity contribution in [2.45, 2.75) is 39.7 Å². The molecule has 5 heteroatoms. The molecular weight excluding hydrogens is 242 g/mol. The van der Waals surface area contributed by atoms with Crippen LogP contribution in [0, 0.1) is 21.4 Å². The van der Waals surface area contributed by atoms with Crippen LogP contribution >= 0.6 is 0 Å². The lowest BCUT2D eigenvalue weighted by atomic mass is 10.1. The van der Waals surface area contributed by atoms with E-state index in [1.807, 2.05) is 6.07 Å². The predicted molar refractivity (Wildman–Crippen MR) is 75.2 cm³/mol. The highest BCUT2D eigenvalue weighted by atomic mass is 16.6. The Morgan fingerprint density at radius 2 is 2.16 bits per heavy atom. The molecular formula is C14H19N3O2. The maximum absolute atomic E-state index is 10.8. The molecule has 0 radical (unpaired) electrons. The van der Waals surface area contributed by atoms with Crippen molar-refractivity contribution in [3.63, 3.8) is 0 Å². The molecule has 0 N–H and O–H groups in total. The molecule has 1 aromatic rings. The van der Waals surface area contributed by atoms with Crippen molar-refractivity contribution < 1.29 is 4.92 Å². The summed E-state index contributed by atoms with van der Waals surface area (Å²) in [5.41, 5.74) is 0.858. The summed E-state index contributed by atoms with van der Waals surface area (Å²) >= 11 is 0. The van der Waals surface area contributed by atoms with Gasteiger partial charge in [-0.05, 0) is 31.9 Å². The minimum absolute atomic E-state index is 0.118. The Hall–Kier alpha value is -2.09. The van der Waals surface area contributed by atoms with Crippen LogP contribution in [0.15, 0.2) is 18.2 Å². The van der Waals surface area contributed by atoms with Gasteiger partial charge in [-0.3, -0.25) is 10.1 Å². The highest BCUT2D eigenvalue weighted by Gasteiger charge is 2.18. The van der Waals surface area contributed by atoms with Gasteiger partial charge >= 0.3 is 0 Å². The average molecular weight is 261 g/mol. The summed E-state index contributed by atoms with van der Waals surface area (Å²) in [5, 5.41) is 19.8. The molecule has 0 spiro atoms. The van der Waals surface area contributed by atoms with E-state index in [9.17, 15) is 10.1 Å². The first kappa shape index (κ1) is 15.0. The van der Waals surface area contributed by atoms with Gasteiger partial charge in [-0.15, -0.1) is 0 Å². The van der Waals surface area contributed by atoms with E-state index in [2.05, 4.69) is 25.7 Å². The molecule has 5 nitrogen and oxygen atoms in total. The third-order valence-electron chi connectivity index (χ3n) is 3.22. The standard InChI is InChI=1S/C14H19N3O2/c1-4-8-16(11(3)5-2)13-6-7-14(17(18)19)12(9-13)10-15/h6-7,9,11H,4-5,8H2,1-3H3/t11-/m0/s1. The van der Waals surface area contributed by atoms with E-state index in [4.69, 9.17) is 5.26 Å². The largest absolute Gasteiger partial charge is 0.369 e. The van der Waals surface area contributed by atoms with Gasteiger partial charge < -0.3 is 4.90 Å². The predicted octanol–water partition coefficient (Wildman–Crippen LogP) is 3.48. The number of nitro benzene ring substituents is 1. The van der Waals surface area contributed by atoms with E-state index in [0.29, 0.717) is 6.04 Å². The van der Waals surface area contributed by atoms with Crippen molar-refractivity contribution in [3.8, 4) is 6.07 Å². The van der Waals surface area contributed by atoms with Gasteiger partial charge in [-0.1, -0.05) is 13.8 Å². The van der Waals surface area contributed by atoms with Crippen molar-refractivity contribution in [1.29, 1.82) is 5.26 Å². The van der Waals surface area contributed by atoms with E-state index in [-0.39, 0.29) is 11.3 Å². The second kappa shape index (κ2) is 6.74. The fraction of sp³-hybridized carbons (Fsp3) is 0.500. The van der Waals surface area contributed by atoms with Gasteiger partial charge in [0.1, 0.15) is 11.6 Å². The Balaban J connectivity index is 3.19. The molecule has 0 unspecified atom stereocenters. The molecule has 1 aromatic carbocycles. The molecule has 0 saturated heterocycles. The molecule has 102 valence electrons.